The molecule has 0 amide bonds. The number of aromatic amines is 1. The van der Waals surface area contributed by atoms with Crippen LogP contribution in [0.5, 0.6) is 11.5 Å². The van der Waals surface area contributed by atoms with E-state index in [4.69, 9.17) is 9.47 Å². The number of H-pyrrole nitrogens is 1. The summed E-state index contributed by atoms with van der Waals surface area (Å²) in [5.74, 6) is 3.23. The molecule has 0 saturated heterocycles. The zero-order valence-electron chi connectivity index (χ0n) is 18.6. The van der Waals surface area contributed by atoms with Crippen LogP contribution in [0.25, 0.3) is 11.0 Å². The number of imidazole rings is 1. The Balaban J connectivity index is 0.00000341. The third-order valence-electron chi connectivity index (χ3n) is 4.74. The van der Waals surface area contributed by atoms with Gasteiger partial charge < -0.3 is 25.1 Å². The fourth-order valence-corrected chi connectivity index (χ4v) is 3.24. The van der Waals surface area contributed by atoms with Gasteiger partial charge in [-0.05, 0) is 50.6 Å². The lowest BCUT2D eigenvalue weighted by Gasteiger charge is -2.20. The van der Waals surface area contributed by atoms with Crippen LogP contribution in [0.15, 0.2) is 47.5 Å². The highest BCUT2D eigenvalue weighted by Gasteiger charge is 2.12. The number of ether oxygens (including phenoxy) is 2. The molecule has 31 heavy (non-hydrogen) atoms. The molecule has 3 N–H and O–H groups in total. The molecule has 1 aromatic heterocycles. The summed E-state index contributed by atoms with van der Waals surface area (Å²) in [6.07, 6.45) is 0.779. The molecule has 168 valence electrons. The second-order valence-corrected chi connectivity index (χ2v) is 6.89. The highest BCUT2D eigenvalue weighted by molar-refractivity contribution is 14.0. The first-order chi connectivity index (χ1) is 14.6. The number of para-hydroxylation sites is 2. The van der Waals surface area contributed by atoms with E-state index in [1.54, 1.807) is 7.05 Å². The van der Waals surface area contributed by atoms with Crippen molar-refractivity contribution >= 4 is 41.0 Å². The lowest BCUT2D eigenvalue weighted by Crippen LogP contribution is -2.39. The van der Waals surface area contributed by atoms with Gasteiger partial charge in [-0.2, -0.15) is 0 Å². The molecule has 0 radical (unpaired) electrons. The number of aliphatic imine (C=N–C) groups is 1. The largest absolute Gasteiger partial charge is 0.490 e. The normalized spacial score (nSPS) is 12.2. The first kappa shape index (κ1) is 24.8. The molecule has 2 aromatic carbocycles. The number of nitrogens with zero attached hydrogens (tertiary/aromatic N) is 2. The van der Waals surface area contributed by atoms with Crippen molar-refractivity contribution in [2.45, 2.75) is 33.2 Å². The maximum absolute atomic E-state index is 5.74. The zero-order valence-corrected chi connectivity index (χ0v) is 20.9. The van der Waals surface area contributed by atoms with Crippen molar-refractivity contribution in [1.82, 2.24) is 20.6 Å². The minimum atomic E-state index is 0. The van der Waals surface area contributed by atoms with Crippen molar-refractivity contribution in [3.8, 4) is 11.5 Å². The third kappa shape index (κ3) is 6.75. The summed E-state index contributed by atoms with van der Waals surface area (Å²) in [5.41, 5.74) is 3.15. The lowest BCUT2D eigenvalue weighted by atomic mass is 10.1. The Morgan fingerprint density at radius 1 is 1.10 bits per heavy atom. The second kappa shape index (κ2) is 12.4. The topological polar surface area (TPSA) is 83.6 Å². The first-order valence-electron chi connectivity index (χ1n) is 10.4. The van der Waals surface area contributed by atoms with Crippen molar-refractivity contribution in [2.24, 2.45) is 4.99 Å². The fourth-order valence-electron chi connectivity index (χ4n) is 3.24. The summed E-state index contributed by atoms with van der Waals surface area (Å²) in [4.78, 5) is 12.3. The summed E-state index contributed by atoms with van der Waals surface area (Å²) in [6, 6.07) is 14.1. The van der Waals surface area contributed by atoms with E-state index in [1.165, 1.54) is 0 Å². The minimum absolute atomic E-state index is 0. The van der Waals surface area contributed by atoms with Gasteiger partial charge in [-0.25, -0.2) is 4.98 Å². The van der Waals surface area contributed by atoms with Crippen LogP contribution in [-0.2, 0) is 6.42 Å². The Morgan fingerprint density at radius 3 is 2.55 bits per heavy atom. The van der Waals surface area contributed by atoms with E-state index in [0.29, 0.717) is 13.2 Å². The van der Waals surface area contributed by atoms with Crippen LogP contribution in [-0.4, -0.2) is 42.7 Å². The van der Waals surface area contributed by atoms with Gasteiger partial charge in [0.1, 0.15) is 5.82 Å². The van der Waals surface area contributed by atoms with E-state index in [0.717, 1.165) is 52.8 Å². The van der Waals surface area contributed by atoms with Gasteiger partial charge in [0.15, 0.2) is 17.5 Å². The maximum Gasteiger partial charge on any atom is 0.191 e. The Morgan fingerprint density at radius 2 is 1.84 bits per heavy atom. The summed E-state index contributed by atoms with van der Waals surface area (Å²) >= 11 is 0. The van der Waals surface area contributed by atoms with Crippen LogP contribution in [0.4, 0.5) is 0 Å². The van der Waals surface area contributed by atoms with Crippen molar-refractivity contribution in [3.63, 3.8) is 0 Å². The number of nitrogens with one attached hydrogen (secondary N) is 3. The second-order valence-electron chi connectivity index (χ2n) is 6.89. The van der Waals surface area contributed by atoms with Crippen molar-refractivity contribution in [3.05, 3.63) is 53.9 Å². The van der Waals surface area contributed by atoms with Crippen LogP contribution in [0.3, 0.4) is 0 Å². The molecule has 0 fully saturated rings. The van der Waals surface area contributed by atoms with Crippen LogP contribution in [0.1, 0.15) is 38.2 Å². The predicted octanol–water partition coefficient (Wildman–Crippen LogP) is 4.45. The Labute approximate surface area is 201 Å². The molecule has 0 aliphatic carbocycles. The van der Waals surface area contributed by atoms with E-state index < -0.39 is 0 Å². The number of fused-ring (bicyclic) bond motifs is 1. The summed E-state index contributed by atoms with van der Waals surface area (Å²) in [5, 5.41) is 6.79. The van der Waals surface area contributed by atoms with Gasteiger partial charge in [0.05, 0.1) is 30.3 Å². The molecular formula is C23H32IN5O2. The number of aromatic nitrogens is 2. The predicted molar refractivity (Wildman–Crippen MR) is 137 cm³/mol. The SMILES string of the molecule is CCOc1ccc(C(C)NC(=NC)NCCc2nc3ccccc3[nH]2)cc1OCC.I. The van der Waals surface area contributed by atoms with Gasteiger partial charge in [-0.15, -0.1) is 24.0 Å². The molecule has 7 nitrogen and oxygen atoms in total. The molecule has 8 heteroatoms. The van der Waals surface area contributed by atoms with Crippen molar-refractivity contribution in [1.29, 1.82) is 0 Å². The molecule has 0 bridgehead atoms. The smallest absolute Gasteiger partial charge is 0.191 e. The highest BCUT2D eigenvalue weighted by atomic mass is 127. The molecule has 3 rings (SSSR count). The summed E-state index contributed by atoms with van der Waals surface area (Å²) in [7, 11) is 1.77. The monoisotopic (exact) mass is 537 g/mol. The highest BCUT2D eigenvalue weighted by Crippen LogP contribution is 2.30. The average molecular weight is 537 g/mol. The number of hydrogen-bond acceptors (Lipinski definition) is 4. The number of benzene rings is 2. The number of hydrogen-bond donors (Lipinski definition) is 3. The van der Waals surface area contributed by atoms with E-state index in [1.807, 2.05) is 56.3 Å². The third-order valence-corrected chi connectivity index (χ3v) is 4.74. The molecule has 3 aromatic rings. The molecule has 1 atom stereocenters. The van der Waals surface area contributed by atoms with Crippen molar-refractivity contribution < 1.29 is 9.47 Å². The van der Waals surface area contributed by atoms with Crippen molar-refractivity contribution in [2.75, 3.05) is 26.8 Å². The Kier molecular flexibility index (Phi) is 9.90. The Bertz CT molecular complexity index is 956. The van der Waals surface area contributed by atoms with Crippen LogP contribution in [0, 0.1) is 0 Å². The maximum atomic E-state index is 5.74. The number of rotatable bonds is 9. The van der Waals surface area contributed by atoms with Gasteiger partial charge in [0.2, 0.25) is 0 Å². The quantitative estimate of drug-likeness (QED) is 0.214. The summed E-state index contributed by atoms with van der Waals surface area (Å²) < 4.78 is 11.4. The molecule has 0 aliphatic rings. The van der Waals surface area contributed by atoms with Crippen LogP contribution >= 0.6 is 24.0 Å². The molecular weight excluding hydrogens is 505 g/mol. The van der Waals surface area contributed by atoms with Gasteiger partial charge in [-0.3, -0.25) is 4.99 Å². The molecule has 0 aliphatic heterocycles. The van der Waals surface area contributed by atoms with Crippen LogP contribution < -0.4 is 20.1 Å². The van der Waals surface area contributed by atoms with Gasteiger partial charge in [0, 0.05) is 20.0 Å². The number of guanidine groups is 1. The zero-order chi connectivity index (χ0) is 21.3. The number of halogens is 1. The van der Waals surface area contributed by atoms with E-state index in [2.05, 4.69) is 32.5 Å². The van der Waals surface area contributed by atoms with E-state index in [-0.39, 0.29) is 30.0 Å². The van der Waals surface area contributed by atoms with E-state index >= 15 is 0 Å². The minimum Gasteiger partial charge on any atom is -0.490 e. The summed E-state index contributed by atoms with van der Waals surface area (Å²) in [6.45, 7) is 7.95. The molecule has 1 unspecified atom stereocenters. The standard InChI is InChI=1S/C23H31N5O2.HI/c1-5-29-20-12-11-17(15-21(20)30-6-2)16(3)26-23(24-4)25-14-13-22-27-18-9-7-8-10-19(18)28-22;/h7-12,15-16H,5-6,13-14H2,1-4H3,(H,27,28)(H2,24,25,26);1H. The van der Waals surface area contributed by atoms with Gasteiger partial charge in [0.25, 0.3) is 0 Å². The molecule has 0 saturated carbocycles. The van der Waals surface area contributed by atoms with Gasteiger partial charge in [-0.1, -0.05) is 18.2 Å². The lowest BCUT2D eigenvalue weighted by molar-refractivity contribution is 0.287. The first-order valence-corrected chi connectivity index (χ1v) is 10.4. The van der Waals surface area contributed by atoms with Crippen LogP contribution in [0.2, 0.25) is 0 Å². The molecule has 0 spiro atoms. The fraction of sp³-hybridized carbons (Fsp3) is 0.391. The van der Waals surface area contributed by atoms with Gasteiger partial charge >= 0.3 is 0 Å². The molecule has 1 heterocycles. The average Bonchev–Trinajstić information content (AvgIpc) is 3.17. The van der Waals surface area contributed by atoms with E-state index in [9.17, 15) is 0 Å². The Hall–Kier alpha value is -2.49.